The van der Waals surface area contributed by atoms with Crippen LogP contribution in [0.4, 0.5) is 0 Å². The molecule has 0 bridgehead atoms. The number of esters is 1. The topological polar surface area (TPSA) is 215 Å². The maximum absolute atomic E-state index is 12.1. The molecule has 166 valence electrons. The first-order valence-electron chi connectivity index (χ1n) is 8.82. The Labute approximate surface area is 172 Å². The van der Waals surface area contributed by atoms with Crippen LogP contribution in [0.5, 0.6) is 0 Å². The van der Waals surface area contributed by atoms with Crippen molar-refractivity contribution in [2.24, 2.45) is 22.2 Å². The highest BCUT2D eigenvalue weighted by atomic mass is 32.2. The molecule has 0 fully saturated rings. The Balaban J connectivity index is 4.32. The summed E-state index contributed by atoms with van der Waals surface area (Å²) < 4.78 is 5.03. The molecule has 0 aromatic heterocycles. The molecule has 2 atom stereocenters. The van der Waals surface area contributed by atoms with Gasteiger partial charge in [0.05, 0.1) is 19.3 Å². The van der Waals surface area contributed by atoms with Gasteiger partial charge in [0.1, 0.15) is 6.04 Å². The van der Waals surface area contributed by atoms with E-state index < -0.39 is 29.0 Å². The number of thioether (sulfide) groups is 1. The lowest BCUT2D eigenvalue weighted by Gasteiger charge is -2.17. The van der Waals surface area contributed by atoms with Gasteiger partial charge in [-0.2, -0.15) is 0 Å². The third kappa shape index (κ3) is 15.0. The summed E-state index contributed by atoms with van der Waals surface area (Å²) in [5, 5.41) is 11.2. The summed E-state index contributed by atoms with van der Waals surface area (Å²) in [4.78, 5) is 53.4. The predicted octanol–water partition coefficient (Wildman–Crippen LogP) is -1.34. The second-order valence-electron chi connectivity index (χ2n) is 5.87. The molecule has 0 saturated carbocycles. The van der Waals surface area contributed by atoms with E-state index in [9.17, 15) is 24.5 Å². The zero-order chi connectivity index (χ0) is 22.2. The van der Waals surface area contributed by atoms with Gasteiger partial charge in [0, 0.05) is 19.2 Å². The molecule has 1 amide bonds. The first kappa shape index (κ1) is 26.4. The van der Waals surface area contributed by atoms with Crippen molar-refractivity contribution in [2.45, 2.75) is 44.7 Å². The predicted molar refractivity (Wildman–Crippen MR) is 106 cm³/mol. The van der Waals surface area contributed by atoms with Crippen LogP contribution in [0.25, 0.3) is 0 Å². The smallest absolute Gasteiger partial charge is 0.329 e. The third-order valence-electron chi connectivity index (χ3n) is 3.30. The molecule has 14 heteroatoms. The van der Waals surface area contributed by atoms with Crippen LogP contribution >= 0.6 is 11.8 Å². The average Bonchev–Trinajstić information content (AvgIpc) is 2.63. The zero-order valence-corrected chi connectivity index (χ0v) is 17.0. The molecule has 0 aliphatic carbocycles. The fraction of sp³-hybridized carbons (Fsp3) is 0.733. The highest BCUT2D eigenvalue weighted by Gasteiger charge is 2.24. The van der Waals surface area contributed by atoms with Crippen LogP contribution in [0.1, 0.15) is 32.6 Å². The summed E-state index contributed by atoms with van der Waals surface area (Å²) in [6.45, 7) is 1.47. The van der Waals surface area contributed by atoms with Crippen LogP contribution in [0.2, 0.25) is 0 Å². The number of rotatable bonds is 15. The lowest BCUT2D eigenvalue weighted by Crippen LogP contribution is -2.43. The van der Waals surface area contributed by atoms with Gasteiger partial charge in [-0.15, -0.1) is 10.1 Å². The van der Waals surface area contributed by atoms with Gasteiger partial charge >= 0.3 is 5.97 Å². The second kappa shape index (κ2) is 15.3. The van der Waals surface area contributed by atoms with Crippen molar-refractivity contribution in [1.29, 1.82) is 0 Å². The SMILES string of the molecule is CC(=O)N[C@@H](CSC(=O)C(N)CCCN=C(N)N)C(=O)OCCCCO[N+](=O)[O-]. The molecule has 0 aromatic rings. The molecule has 1 unspecified atom stereocenters. The minimum absolute atomic E-state index is 0.00108. The molecule has 0 saturated heterocycles. The molecule has 0 heterocycles. The number of guanidine groups is 1. The van der Waals surface area contributed by atoms with E-state index in [-0.39, 0.29) is 30.0 Å². The van der Waals surface area contributed by atoms with Crippen LogP contribution in [0.15, 0.2) is 4.99 Å². The first-order chi connectivity index (χ1) is 13.6. The summed E-state index contributed by atoms with van der Waals surface area (Å²) in [6.07, 6.45) is 1.55. The summed E-state index contributed by atoms with van der Waals surface area (Å²) in [6, 6.07) is -1.78. The summed E-state index contributed by atoms with van der Waals surface area (Å²) >= 11 is 0.818. The van der Waals surface area contributed by atoms with E-state index in [1.807, 2.05) is 0 Å². The number of nitrogens with zero attached hydrogens (tertiary/aromatic N) is 2. The molecule has 0 spiro atoms. The number of amides is 1. The fourth-order valence-corrected chi connectivity index (χ4v) is 2.82. The number of hydrogen-bond acceptors (Lipinski definition) is 10. The summed E-state index contributed by atoms with van der Waals surface area (Å²) in [5.41, 5.74) is 16.2. The molecular formula is C15H28N6O7S. The minimum Gasteiger partial charge on any atom is -0.464 e. The second-order valence-corrected chi connectivity index (χ2v) is 6.89. The number of hydrogen-bond donors (Lipinski definition) is 4. The summed E-state index contributed by atoms with van der Waals surface area (Å²) in [7, 11) is 0. The lowest BCUT2D eigenvalue weighted by atomic mass is 10.2. The van der Waals surface area contributed by atoms with Crippen molar-refractivity contribution in [2.75, 3.05) is 25.5 Å². The van der Waals surface area contributed by atoms with E-state index in [2.05, 4.69) is 15.1 Å². The van der Waals surface area contributed by atoms with Gasteiger partial charge in [-0.05, 0) is 25.7 Å². The lowest BCUT2D eigenvalue weighted by molar-refractivity contribution is -0.757. The van der Waals surface area contributed by atoms with E-state index in [1.54, 1.807) is 0 Å². The van der Waals surface area contributed by atoms with Crippen LogP contribution in [0.3, 0.4) is 0 Å². The molecule has 7 N–H and O–H groups in total. The van der Waals surface area contributed by atoms with Gasteiger partial charge in [-0.3, -0.25) is 14.6 Å². The monoisotopic (exact) mass is 436 g/mol. The highest BCUT2D eigenvalue weighted by Crippen LogP contribution is 2.11. The van der Waals surface area contributed by atoms with Gasteiger partial charge in [-0.25, -0.2) is 4.79 Å². The van der Waals surface area contributed by atoms with Crippen molar-refractivity contribution in [3.05, 3.63) is 10.1 Å². The van der Waals surface area contributed by atoms with Crippen LogP contribution in [-0.2, 0) is 24.0 Å². The number of carbonyl (C=O) groups is 3. The van der Waals surface area contributed by atoms with E-state index in [0.29, 0.717) is 32.2 Å². The van der Waals surface area contributed by atoms with E-state index in [0.717, 1.165) is 11.8 Å². The number of unbranched alkanes of at least 4 members (excludes halogenated alkanes) is 1. The Bertz CT molecular complexity index is 586. The van der Waals surface area contributed by atoms with E-state index in [1.165, 1.54) is 6.92 Å². The number of ether oxygens (including phenoxy) is 1. The molecule has 29 heavy (non-hydrogen) atoms. The largest absolute Gasteiger partial charge is 0.464 e. The molecule has 13 nitrogen and oxygen atoms in total. The van der Waals surface area contributed by atoms with Crippen molar-refractivity contribution >= 4 is 34.7 Å². The molecule has 0 aromatic carbocycles. The normalized spacial score (nSPS) is 12.3. The number of aliphatic imine (C=N–C) groups is 1. The van der Waals surface area contributed by atoms with Crippen LogP contribution in [0, 0.1) is 10.1 Å². The molecule has 0 rings (SSSR count). The Morgan fingerprint density at radius 2 is 1.86 bits per heavy atom. The summed E-state index contributed by atoms with van der Waals surface area (Å²) in [5.74, 6) is -1.25. The first-order valence-corrected chi connectivity index (χ1v) is 9.80. The Morgan fingerprint density at radius 1 is 1.21 bits per heavy atom. The van der Waals surface area contributed by atoms with Crippen LogP contribution < -0.4 is 22.5 Å². The number of carbonyl (C=O) groups excluding carboxylic acids is 3. The van der Waals surface area contributed by atoms with Crippen molar-refractivity contribution in [1.82, 2.24) is 5.32 Å². The number of nitrogens with one attached hydrogen (secondary N) is 1. The zero-order valence-electron chi connectivity index (χ0n) is 16.2. The van der Waals surface area contributed by atoms with Gasteiger partial charge in [0.25, 0.3) is 5.09 Å². The van der Waals surface area contributed by atoms with Gasteiger partial charge < -0.3 is 32.1 Å². The standard InChI is InChI=1S/C15H28N6O7S/c1-10(22)20-12(13(23)27-7-2-3-8-28-21(25)26)9-29-14(24)11(16)5-4-6-19-15(17)18/h11-12H,2-9,16H2,1H3,(H,20,22)(H4,17,18,19)/t11?,12-/m0/s1. The Hall–Kier alpha value is -2.61. The molecular weight excluding hydrogens is 408 g/mol. The van der Waals surface area contributed by atoms with Gasteiger partial charge in [0.15, 0.2) is 5.96 Å². The fourth-order valence-electron chi connectivity index (χ4n) is 1.94. The average molecular weight is 436 g/mol. The quantitative estimate of drug-likeness (QED) is 0.0588. The van der Waals surface area contributed by atoms with Crippen molar-refractivity contribution in [3.63, 3.8) is 0 Å². The maximum atomic E-state index is 12.1. The highest BCUT2D eigenvalue weighted by molar-refractivity contribution is 8.13. The molecule has 0 aliphatic rings. The van der Waals surface area contributed by atoms with E-state index in [4.69, 9.17) is 21.9 Å². The number of nitrogens with two attached hydrogens (primary N) is 3. The Morgan fingerprint density at radius 3 is 2.45 bits per heavy atom. The van der Waals surface area contributed by atoms with E-state index >= 15 is 0 Å². The maximum Gasteiger partial charge on any atom is 0.329 e. The molecule has 0 radical (unpaired) electrons. The van der Waals surface area contributed by atoms with Gasteiger partial charge in [0.2, 0.25) is 11.0 Å². The minimum atomic E-state index is -1.02. The third-order valence-corrected chi connectivity index (χ3v) is 4.39. The van der Waals surface area contributed by atoms with Crippen molar-refractivity contribution < 1.29 is 29.0 Å². The Kier molecular flexibility index (Phi) is 13.9. The van der Waals surface area contributed by atoms with Gasteiger partial charge in [-0.1, -0.05) is 11.8 Å². The van der Waals surface area contributed by atoms with Crippen molar-refractivity contribution in [3.8, 4) is 0 Å². The van der Waals surface area contributed by atoms with Crippen LogP contribution in [-0.4, -0.2) is 65.6 Å². The molecule has 0 aliphatic heterocycles.